The van der Waals surface area contributed by atoms with Crippen LogP contribution in [0, 0.1) is 22.7 Å². The van der Waals surface area contributed by atoms with E-state index in [1.54, 1.807) is 13.0 Å². The van der Waals surface area contributed by atoms with Gasteiger partial charge in [0.25, 0.3) is 0 Å². The van der Waals surface area contributed by atoms with E-state index in [1.807, 2.05) is 6.07 Å². The SMILES string of the molecule is CCN(CCC#N)C(=O)C(=O)NCC#N. The van der Waals surface area contributed by atoms with Gasteiger partial charge in [0.1, 0.15) is 6.54 Å². The van der Waals surface area contributed by atoms with Gasteiger partial charge in [-0.25, -0.2) is 0 Å². The summed E-state index contributed by atoms with van der Waals surface area (Å²) in [6.07, 6.45) is 0.186. The highest BCUT2D eigenvalue weighted by molar-refractivity contribution is 6.35. The van der Waals surface area contributed by atoms with Gasteiger partial charge >= 0.3 is 11.8 Å². The van der Waals surface area contributed by atoms with Gasteiger partial charge in [-0.15, -0.1) is 0 Å². The van der Waals surface area contributed by atoms with E-state index in [9.17, 15) is 9.59 Å². The van der Waals surface area contributed by atoms with Crippen molar-refractivity contribution in [1.82, 2.24) is 10.2 Å². The molecule has 2 amide bonds. The van der Waals surface area contributed by atoms with Crippen molar-refractivity contribution < 1.29 is 9.59 Å². The van der Waals surface area contributed by atoms with Gasteiger partial charge in [0, 0.05) is 13.1 Å². The number of nitriles is 2. The number of carbonyl (C=O) groups is 2. The average molecular weight is 208 g/mol. The van der Waals surface area contributed by atoms with Crippen LogP contribution in [0.1, 0.15) is 13.3 Å². The van der Waals surface area contributed by atoms with Crippen molar-refractivity contribution in [2.45, 2.75) is 13.3 Å². The van der Waals surface area contributed by atoms with Gasteiger partial charge in [-0.3, -0.25) is 9.59 Å². The summed E-state index contributed by atoms with van der Waals surface area (Å²) in [7, 11) is 0. The summed E-state index contributed by atoms with van der Waals surface area (Å²) in [5.41, 5.74) is 0. The topological polar surface area (TPSA) is 97.0 Å². The Morgan fingerprint density at radius 2 is 2.00 bits per heavy atom. The summed E-state index contributed by atoms with van der Waals surface area (Å²) in [4.78, 5) is 23.8. The second kappa shape index (κ2) is 7.34. The molecule has 0 radical (unpaired) electrons. The van der Waals surface area contributed by atoms with Gasteiger partial charge in [0.2, 0.25) is 0 Å². The number of hydrogen-bond acceptors (Lipinski definition) is 4. The van der Waals surface area contributed by atoms with Crippen LogP contribution in [0.25, 0.3) is 0 Å². The van der Waals surface area contributed by atoms with E-state index in [2.05, 4.69) is 5.32 Å². The average Bonchev–Trinajstić information content (AvgIpc) is 2.26. The maximum atomic E-state index is 11.4. The van der Waals surface area contributed by atoms with E-state index in [0.717, 1.165) is 0 Å². The minimum atomic E-state index is -0.809. The van der Waals surface area contributed by atoms with Gasteiger partial charge in [-0.2, -0.15) is 10.5 Å². The molecule has 0 aliphatic heterocycles. The van der Waals surface area contributed by atoms with E-state index in [1.165, 1.54) is 4.90 Å². The normalized spacial score (nSPS) is 8.47. The van der Waals surface area contributed by atoms with Crippen molar-refractivity contribution in [1.29, 1.82) is 10.5 Å². The van der Waals surface area contributed by atoms with Crippen molar-refractivity contribution in [2.24, 2.45) is 0 Å². The molecule has 0 heterocycles. The van der Waals surface area contributed by atoms with E-state index in [-0.39, 0.29) is 19.5 Å². The Hall–Kier alpha value is -2.08. The minimum Gasteiger partial charge on any atom is -0.335 e. The molecule has 0 bridgehead atoms. The van der Waals surface area contributed by atoms with Gasteiger partial charge < -0.3 is 10.2 Å². The molecule has 0 rings (SSSR count). The maximum Gasteiger partial charge on any atom is 0.311 e. The molecule has 0 atom stereocenters. The molecule has 0 saturated carbocycles. The summed E-state index contributed by atoms with van der Waals surface area (Å²) in [6.45, 7) is 2.11. The molecule has 0 aliphatic carbocycles. The molecule has 1 N–H and O–H groups in total. The summed E-state index contributed by atoms with van der Waals surface area (Å²) in [5.74, 6) is -1.51. The van der Waals surface area contributed by atoms with Crippen LogP contribution in [0.2, 0.25) is 0 Å². The number of nitrogens with zero attached hydrogens (tertiary/aromatic N) is 3. The lowest BCUT2D eigenvalue weighted by Crippen LogP contribution is -2.43. The van der Waals surface area contributed by atoms with Crippen molar-refractivity contribution in [2.75, 3.05) is 19.6 Å². The predicted octanol–water partition coefficient (Wildman–Crippen LogP) is -0.612. The van der Waals surface area contributed by atoms with Gasteiger partial charge in [-0.05, 0) is 6.92 Å². The minimum absolute atomic E-state index is 0.186. The largest absolute Gasteiger partial charge is 0.335 e. The first kappa shape index (κ1) is 12.9. The number of hydrogen-bond donors (Lipinski definition) is 1. The van der Waals surface area contributed by atoms with Crippen molar-refractivity contribution in [3.8, 4) is 12.1 Å². The smallest absolute Gasteiger partial charge is 0.311 e. The number of nitrogens with one attached hydrogen (secondary N) is 1. The summed E-state index contributed by atoms with van der Waals surface area (Å²) < 4.78 is 0. The number of likely N-dealkylation sites (N-methyl/N-ethyl adjacent to an activating group) is 1. The lowest BCUT2D eigenvalue weighted by molar-refractivity contribution is -0.145. The zero-order chi connectivity index (χ0) is 11.7. The molecule has 0 aromatic rings. The van der Waals surface area contributed by atoms with Crippen LogP contribution in [0.3, 0.4) is 0 Å². The molecule has 0 fully saturated rings. The zero-order valence-electron chi connectivity index (χ0n) is 8.49. The molecule has 15 heavy (non-hydrogen) atoms. The second-order valence-electron chi connectivity index (χ2n) is 2.63. The first-order valence-electron chi connectivity index (χ1n) is 4.48. The molecular weight excluding hydrogens is 196 g/mol. The zero-order valence-corrected chi connectivity index (χ0v) is 8.49. The van der Waals surface area contributed by atoms with Crippen LogP contribution in [0.5, 0.6) is 0 Å². The Morgan fingerprint density at radius 3 is 2.47 bits per heavy atom. The molecule has 80 valence electrons. The lowest BCUT2D eigenvalue weighted by atomic mass is 10.3. The lowest BCUT2D eigenvalue weighted by Gasteiger charge is -2.17. The Balaban J connectivity index is 4.21. The molecule has 6 heteroatoms. The van der Waals surface area contributed by atoms with E-state index in [4.69, 9.17) is 10.5 Å². The molecule has 0 saturated heterocycles. The summed E-state index contributed by atoms with van der Waals surface area (Å²) in [5, 5.41) is 18.7. The number of amides is 2. The highest BCUT2D eigenvalue weighted by atomic mass is 16.2. The molecular formula is C9H12N4O2. The number of carbonyl (C=O) groups excluding carboxylic acids is 2. The first-order valence-corrected chi connectivity index (χ1v) is 4.48. The van der Waals surface area contributed by atoms with Crippen LogP contribution in [0.4, 0.5) is 0 Å². The molecule has 6 nitrogen and oxygen atoms in total. The molecule has 0 aromatic heterocycles. The standard InChI is InChI=1S/C9H12N4O2/c1-2-13(7-3-4-10)9(15)8(14)12-6-5-11/h2-3,6-7H2,1H3,(H,12,14). The highest BCUT2D eigenvalue weighted by Gasteiger charge is 2.19. The monoisotopic (exact) mass is 208 g/mol. The first-order chi connectivity index (χ1) is 7.17. The van der Waals surface area contributed by atoms with Crippen LogP contribution in [-0.4, -0.2) is 36.3 Å². The van der Waals surface area contributed by atoms with Crippen molar-refractivity contribution >= 4 is 11.8 Å². The van der Waals surface area contributed by atoms with E-state index < -0.39 is 11.8 Å². The highest BCUT2D eigenvalue weighted by Crippen LogP contribution is 1.92. The van der Waals surface area contributed by atoms with E-state index in [0.29, 0.717) is 6.54 Å². The fourth-order valence-electron chi connectivity index (χ4n) is 0.927. The van der Waals surface area contributed by atoms with Gasteiger partial charge in [0.05, 0.1) is 18.6 Å². The van der Waals surface area contributed by atoms with Crippen LogP contribution < -0.4 is 5.32 Å². The third-order valence-electron chi connectivity index (χ3n) is 1.68. The quantitative estimate of drug-likeness (QED) is 0.492. The summed E-state index contributed by atoms with van der Waals surface area (Å²) >= 11 is 0. The van der Waals surface area contributed by atoms with Crippen LogP contribution >= 0.6 is 0 Å². The second-order valence-corrected chi connectivity index (χ2v) is 2.63. The maximum absolute atomic E-state index is 11.4. The fraction of sp³-hybridized carbons (Fsp3) is 0.556. The third kappa shape index (κ3) is 4.63. The Kier molecular flexibility index (Phi) is 6.32. The molecule has 0 spiro atoms. The van der Waals surface area contributed by atoms with Gasteiger partial charge in [0.15, 0.2) is 0 Å². The molecule has 0 aromatic carbocycles. The van der Waals surface area contributed by atoms with Crippen LogP contribution in [0.15, 0.2) is 0 Å². The Labute approximate surface area is 88.1 Å². The number of rotatable bonds is 4. The molecule has 0 aliphatic rings. The van der Waals surface area contributed by atoms with Gasteiger partial charge in [-0.1, -0.05) is 0 Å². The third-order valence-corrected chi connectivity index (χ3v) is 1.68. The van der Waals surface area contributed by atoms with Crippen molar-refractivity contribution in [3.63, 3.8) is 0 Å². The summed E-state index contributed by atoms with van der Waals surface area (Å²) in [6, 6.07) is 3.59. The molecule has 0 unspecified atom stereocenters. The van der Waals surface area contributed by atoms with Crippen LogP contribution in [-0.2, 0) is 9.59 Å². The van der Waals surface area contributed by atoms with Crippen molar-refractivity contribution in [3.05, 3.63) is 0 Å². The predicted molar refractivity (Wildman–Crippen MR) is 51.1 cm³/mol. The van der Waals surface area contributed by atoms with E-state index >= 15 is 0 Å². The Bertz CT molecular complexity index is 313. The fourth-order valence-corrected chi connectivity index (χ4v) is 0.927. The Morgan fingerprint density at radius 1 is 1.33 bits per heavy atom.